The lowest BCUT2D eigenvalue weighted by atomic mass is 10.1. The molecule has 3 aromatic rings. The molecule has 3 atom stereocenters. The maximum Gasteiger partial charge on any atom is 0.154 e. The number of allylic oxidation sites excluding steroid dienone is 1. The lowest BCUT2D eigenvalue weighted by Gasteiger charge is -2.28. The minimum Gasteiger partial charge on any atom is -0.313 e. The fraction of sp³-hybridized carbons (Fsp3) is 0.130. The lowest BCUT2D eigenvalue weighted by molar-refractivity contribution is 0.577. The normalized spacial score (nSPS) is 29.8. The fourth-order valence-corrected chi connectivity index (χ4v) is 8.65. The summed E-state index contributed by atoms with van der Waals surface area (Å²) in [7, 11) is -2.76. The molecule has 1 aliphatic carbocycles. The van der Waals surface area contributed by atoms with Gasteiger partial charge in [-0.3, -0.25) is 0 Å². The van der Waals surface area contributed by atoms with Gasteiger partial charge in [-0.1, -0.05) is 97.1 Å². The Balaban J connectivity index is 1.76. The molecule has 0 spiro atoms. The van der Waals surface area contributed by atoms with E-state index in [1.807, 2.05) is 54.6 Å². The van der Waals surface area contributed by atoms with Gasteiger partial charge < -0.3 is 4.57 Å². The summed E-state index contributed by atoms with van der Waals surface area (Å²) in [5.41, 5.74) is 2.31. The van der Waals surface area contributed by atoms with Gasteiger partial charge in [0.25, 0.3) is 0 Å². The Hall–Kier alpha value is -2.37. The van der Waals surface area contributed by atoms with E-state index in [1.54, 1.807) is 0 Å². The van der Waals surface area contributed by atoms with Crippen LogP contribution in [0, 0.1) is 5.92 Å². The molecule has 0 bridgehead atoms. The standard InChI is InChI=1S/C23H19OP/c24-25(21-14-8-3-9-15-21)22(18-10-4-1-5-11-18)16-20-17-23(20,25)19-12-6-2-7-13-19/h1-16,20H,17H2. The van der Waals surface area contributed by atoms with Crippen LogP contribution in [0.5, 0.6) is 0 Å². The molecule has 0 N–H and O–H groups in total. The van der Waals surface area contributed by atoms with E-state index < -0.39 is 7.14 Å². The van der Waals surface area contributed by atoms with Crippen LogP contribution in [0.4, 0.5) is 0 Å². The first kappa shape index (κ1) is 14.9. The minimum atomic E-state index is -2.76. The van der Waals surface area contributed by atoms with Crippen molar-refractivity contribution in [1.82, 2.24) is 0 Å². The number of benzene rings is 3. The zero-order valence-electron chi connectivity index (χ0n) is 13.9. The van der Waals surface area contributed by atoms with Gasteiger partial charge in [-0.15, -0.1) is 0 Å². The van der Waals surface area contributed by atoms with Crippen molar-refractivity contribution in [2.45, 2.75) is 11.6 Å². The van der Waals surface area contributed by atoms with Gasteiger partial charge in [0, 0.05) is 10.6 Å². The summed E-state index contributed by atoms with van der Waals surface area (Å²) < 4.78 is 14.8. The van der Waals surface area contributed by atoms with Crippen LogP contribution in [-0.2, 0) is 9.72 Å². The maximum absolute atomic E-state index is 14.8. The first-order valence-electron chi connectivity index (χ1n) is 8.76. The third kappa shape index (κ3) is 1.94. The van der Waals surface area contributed by atoms with Gasteiger partial charge in [-0.05, 0) is 23.5 Å². The Morgan fingerprint density at radius 3 is 1.96 bits per heavy atom. The molecule has 1 aliphatic heterocycles. The zero-order chi connectivity index (χ0) is 16.9. The van der Waals surface area contributed by atoms with Crippen LogP contribution >= 0.6 is 7.14 Å². The monoisotopic (exact) mass is 342 g/mol. The minimum absolute atomic E-state index is 0.249. The summed E-state index contributed by atoms with van der Waals surface area (Å²) >= 11 is 0. The van der Waals surface area contributed by atoms with Gasteiger partial charge >= 0.3 is 0 Å². The quantitative estimate of drug-likeness (QED) is 0.563. The Morgan fingerprint density at radius 1 is 0.760 bits per heavy atom. The van der Waals surface area contributed by atoms with Crippen molar-refractivity contribution < 1.29 is 4.57 Å². The molecular weight excluding hydrogens is 323 g/mol. The molecule has 1 nitrogen and oxygen atoms in total. The molecule has 1 fully saturated rings. The highest BCUT2D eigenvalue weighted by molar-refractivity contribution is 7.82. The van der Waals surface area contributed by atoms with Gasteiger partial charge in [0.2, 0.25) is 0 Å². The highest BCUT2D eigenvalue weighted by atomic mass is 31.2. The van der Waals surface area contributed by atoms with Crippen LogP contribution in [0.3, 0.4) is 0 Å². The number of hydrogen-bond donors (Lipinski definition) is 0. The maximum atomic E-state index is 14.8. The summed E-state index contributed by atoms with van der Waals surface area (Å²) in [5, 5.41) is 1.77. The molecule has 0 aromatic heterocycles. The molecule has 25 heavy (non-hydrogen) atoms. The van der Waals surface area contributed by atoms with Gasteiger partial charge in [0.1, 0.15) is 0 Å². The molecule has 3 aromatic carbocycles. The fourth-order valence-electron chi connectivity index (χ4n) is 4.48. The van der Waals surface area contributed by atoms with Gasteiger partial charge in [0.15, 0.2) is 7.14 Å². The van der Waals surface area contributed by atoms with Gasteiger partial charge in [-0.2, -0.15) is 0 Å². The highest BCUT2D eigenvalue weighted by Crippen LogP contribution is 2.87. The van der Waals surface area contributed by atoms with Crippen molar-refractivity contribution in [3.8, 4) is 0 Å². The Labute approximate surface area is 148 Å². The smallest absolute Gasteiger partial charge is 0.154 e. The predicted molar refractivity (Wildman–Crippen MR) is 104 cm³/mol. The molecule has 0 saturated heterocycles. The van der Waals surface area contributed by atoms with Crippen molar-refractivity contribution in [3.63, 3.8) is 0 Å². The summed E-state index contributed by atoms with van der Waals surface area (Å²) in [5.74, 6) is 0.371. The van der Waals surface area contributed by atoms with E-state index in [2.05, 4.69) is 42.5 Å². The van der Waals surface area contributed by atoms with Crippen molar-refractivity contribution in [2.24, 2.45) is 5.92 Å². The average molecular weight is 342 g/mol. The first-order valence-corrected chi connectivity index (χ1v) is 10.5. The molecule has 1 saturated carbocycles. The van der Waals surface area contributed by atoms with E-state index in [0.29, 0.717) is 5.92 Å². The number of fused-ring (bicyclic) bond motifs is 1. The highest BCUT2D eigenvalue weighted by Gasteiger charge is 2.70. The molecule has 3 unspecified atom stereocenters. The number of hydrogen-bond acceptors (Lipinski definition) is 1. The van der Waals surface area contributed by atoms with Crippen molar-refractivity contribution >= 4 is 17.8 Å². The van der Waals surface area contributed by atoms with Crippen molar-refractivity contribution in [2.75, 3.05) is 0 Å². The average Bonchev–Trinajstić information content (AvgIpc) is 3.37. The molecular formula is C23H19OP. The Kier molecular flexibility index (Phi) is 3.17. The van der Waals surface area contributed by atoms with Crippen LogP contribution < -0.4 is 5.30 Å². The van der Waals surface area contributed by atoms with E-state index >= 15 is 0 Å². The third-order valence-corrected chi connectivity index (χ3v) is 9.72. The zero-order valence-corrected chi connectivity index (χ0v) is 14.8. The second-order valence-electron chi connectivity index (χ2n) is 6.96. The van der Waals surface area contributed by atoms with E-state index in [4.69, 9.17) is 0 Å². The molecule has 122 valence electrons. The van der Waals surface area contributed by atoms with Crippen LogP contribution in [-0.4, -0.2) is 0 Å². The molecule has 0 radical (unpaired) electrons. The lowest BCUT2D eigenvalue weighted by Crippen LogP contribution is -2.17. The Bertz CT molecular complexity index is 992. The summed E-state index contributed by atoms with van der Waals surface area (Å²) in [4.78, 5) is 0. The first-order chi connectivity index (χ1) is 12.3. The van der Waals surface area contributed by atoms with Crippen LogP contribution in [0.2, 0.25) is 0 Å². The van der Waals surface area contributed by atoms with Crippen LogP contribution in [0.15, 0.2) is 97.1 Å². The molecule has 1 heterocycles. The number of rotatable bonds is 3. The van der Waals surface area contributed by atoms with Crippen molar-refractivity contribution in [1.29, 1.82) is 0 Å². The Morgan fingerprint density at radius 2 is 1.32 bits per heavy atom. The molecule has 2 heteroatoms. The molecule has 2 aliphatic rings. The molecule has 0 amide bonds. The van der Waals surface area contributed by atoms with Gasteiger partial charge in [0.05, 0.1) is 5.16 Å². The van der Waals surface area contributed by atoms with Crippen molar-refractivity contribution in [3.05, 3.63) is 108 Å². The summed E-state index contributed by atoms with van der Waals surface area (Å²) in [6, 6.07) is 30.8. The topological polar surface area (TPSA) is 17.1 Å². The SMILES string of the molecule is O=P1(c2ccccc2)C(c2ccccc2)=CC2CC21c1ccccc1. The largest absolute Gasteiger partial charge is 0.313 e. The van der Waals surface area contributed by atoms with E-state index in [0.717, 1.165) is 22.6 Å². The second-order valence-corrected chi connectivity index (χ2v) is 9.98. The second kappa shape index (κ2) is 5.31. The van der Waals surface area contributed by atoms with Crippen LogP contribution in [0.25, 0.3) is 5.31 Å². The van der Waals surface area contributed by atoms with E-state index in [-0.39, 0.29) is 5.16 Å². The molecule has 5 rings (SSSR count). The third-order valence-electron chi connectivity index (χ3n) is 5.71. The predicted octanol–water partition coefficient (Wildman–Crippen LogP) is 5.65. The summed E-state index contributed by atoms with van der Waals surface area (Å²) in [6.07, 6.45) is 3.27. The van der Waals surface area contributed by atoms with Crippen LogP contribution in [0.1, 0.15) is 17.5 Å². The van der Waals surface area contributed by atoms with Gasteiger partial charge in [-0.25, -0.2) is 0 Å². The van der Waals surface area contributed by atoms with E-state index in [9.17, 15) is 4.57 Å². The van der Waals surface area contributed by atoms with E-state index in [1.165, 1.54) is 5.56 Å². The summed E-state index contributed by atoms with van der Waals surface area (Å²) in [6.45, 7) is 0.